The van der Waals surface area contributed by atoms with Crippen LogP contribution in [0.4, 0.5) is 17.6 Å². The van der Waals surface area contributed by atoms with Gasteiger partial charge in [-0.25, -0.2) is 0 Å². The number of rotatable bonds is 14. The van der Waals surface area contributed by atoms with E-state index in [9.17, 15) is 0 Å². The Balaban J connectivity index is 1.72. The van der Waals surface area contributed by atoms with Crippen molar-refractivity contribution in [3.8, 4) is 5.88 Å². The van der Waals surface area contributed by atoms with Crippen LogP contribution in [0.25, 0.3) is 0 Å². The number of likely N-dealkylation sites (N-methyl/N-ethyl adjacent to an activating group) is 1. The maximum Gasteiger partial charge on any atom is 0.228 e. The van der Waals surface area contributed by atoms with Crippen LogP contribution < -0.4 is 15.4 Å². The lowest BCUT2D eigenvalue weighted by molar-refractivity contribution is 0.218. The van der Waals surface area contributed by atoms with Gasteiger partial charge in [0.15, 0.2) is 11.6 Å². The van der Waals surface area contributed by atoms with Crippen molar-refractivity contribution < 1.29 is 9.26 Å². The molecule has 3 rings (SSSR count). The zero-order chi connectivity index (χ0) is 23.6. The Labute approximate surface area is 195 Å². The predicted octanol–water partition coefficient (Wildman–Crippen LogP) is 4.34. The van der Waals surface area contributed by atoms with E-state index in [1.165, 1.54) is 0 Å². The molecule has 3 aromatic heterocycles. The first-order valence-corrected chi connectivity index (χ1v) is 11.8. The highest BCUT2D eigenvalue weighted by Gasteiger charge is 2.11. The van der Waals surface area contributed by atoms with E-state index in [0.29, 0.717) is 42.5 Å². The molecule has 10 nitrogen and oxygen atoms in total. The van der Waals surface area contributed by atoms with Gasteiger partial charge in [-0.05, 0) is 25.4 Å². The van der Waals surface area contributed by atoms with Gasteiger partial charge in [-0.2, -0.15) is 15.1 Å². The minimum Gasteiger partial charge on any atom is -0.476 e. The van der Waals surface area contributed by atoms with Crippen LogP contribution in [-0.4, -0.2) is 56.5 Å². The number of aromatic nitrogens is 5. The Hall–Kier alpha value is -3.14. The minimum absolute atomic E-state index is 0.309. The van der Waals surface area contributed by atoms with Gasteiger partial charge in [0.05, 0.1) is 12.2 Å². The maximum atomic E-state index is 5.95. The van der Waals surface area contributed by atoms with E-state index in [1.54, 1.807) is 6.07 Å². The molecule has 180 valence electrons. The van der Waals surface area contributed by atoms with Crippen molar-refractivity contribution in [3.63, 3.8) is 0 Å². The van der Waals surface area contributed by atoms with Gasteiger partial charge in [0.25, 0.3) is 0 Å². The molecule has 33 heavy (non-hydrogen) atoms. The second-order valence-electron chi connectivity index (χ2n) is 8.17. The van der Waals surface area contributed by atoms with Crippen LogP contribution in [0.3, 0.4) is 0 Å². The fourth-order valence-electron chi connectivity index (χ4n) is 3.27. The van der Waals surface area contributed by atoms with E-state index in [-0.39, 0.29) is 0 Å². The fraction of sp³-hybridized carbons (Fsp3) is 0.565. The molecule has 3 N–H and O–H groups in total. The Bertz CT molecular complexity index is 981. The summed E-state index contributed by atoms with van der Waals surface area (Å²) < 4.78 is 11.4. The Morgan fingerprint density at radius 3 is 2.61 bits per heavy atom. The van der Waals surface area contributed by atoms with E-state index in [2.05, 4.69) is 75.5 Å². The van der Waals surface area contributed by atoms with Gasteiger partial charge in [0.1, 0.15) is 12.4 Å². The van der Waals surface area contributed by atoms with Crippen molar-refractivity contribution >= 4 is 17.6 Å². The number of hydrogen-bond donors (Lipinski definition) is 3. The monoisotopic (exact) mass is 456 g/mol. The Morgan fingerprint density at radius 1 is 1.09 bits per heavy atom. The van der Waals surface area contributed by atoms with E-state index in [0.717, 1.165) is 49.6 Å². The lowest BCUT2D eigenvalue weighted by Gasteiger charge is -2.18. The largest absolute Gasteiger partial charge is 0.476 e. The molecule has 0 bridgehead atoms. The third-order valence-corrected chi connectivity index (χ3v) is 5.25. The summed E-state index contributed by atoms with van der Waals surface area (Å²) in [6.45, 7) is 14.3. The van der Waals surface area contributed by atoms with Crippen molar-refractivity contribution in [1.82, 2.24) is 30.2 Å². The highest BCUT2D eigenvalue weighted by molar-refractivity contribution is 5.55. The topological polar surface area (TPSA) is 117 Å². The van der Waals surface area contributed by atoms with Crippen LogP contribution in [-0.2, 0) is 13.0 Å². The van der Waals surface area contributed by atoms with E-state index < -0.39 is 0 Å². The Morgan fingerprint density at radius 2 is 1.91 bits per heavy atom. The SMILES string of the molecule is CCCc1cc(Nc2cc(OCCN(CC)CC)nc(NCc3cc(C(C)C)no3)n2)n[nH]1. The van der Waals surface area contributed by atoms with E-state index >= 15 is 0 Å². The van der Waals surface area contributed by atoms with Gasteiger partial charge < -0.3 is 24.8 Å². The zero-order valence-corrected chi connectivity index (χ0v) is 20.3. The molecule has 0 amide bonds. The lowest BCUT2D eigenvalue weighted by atomic mass is 10.1. The molecular weight excluding hydrogens is 420 g/mol. The molecule has 0 aromatic carbocycles. The molecule has 10 heteroatoms. The third kappa shape index (κ3) is 7.45. The summed E-state index contributed by atoms with van der Waals surface area (Å²) in [5.74, 6) is 3.26. The second-order valence-corrected chi connectivity index (χ2v) is 8.17. The quantitative estimate of drug-likeness (QED) is 0.325. The maximum absolute atomic E-state index is 5.95. The van der Waals surface area contributed by atoms with Gasteiger partial charge in [-0.15, -0.1) is 0 Å². The smallest absolute Gasteiger partial charge is 0.228 e. The molecule has 0 radical (unpaired) electrons. The first-order valence-electron chi connectivity index (χ1n) is 11.8. The molecule has 0 aliphatic carbocycles. The van der Waals surface area contributed by atoms with Crippen molar-refractivity contribution in [2.24, 2.45) is 0 Å². The first-order chi connectivity index (χ1) is 16.0. The van der Waals surface area contributed by atoms with Gasteiger partial charge in [0, 0.05) is 30.4 Å². The summed E-state index contributed by atoms with van der Waals surface area (Å²) >= 11 is 0. The van der Waals surface area contributed by atoms with Gasteiger partial charge in [-0.1, -0.05) is 46.2 Å². The van der Waals surface area contributed by atoms with Crippen LogP contribution in [0.2, 0.25) is 0 Å². The molecular formula is C23H36N8O2. The number of aromatic amines is 1. The average molecular weight is 457 g/mol. The van der Waals surface area contributed by atoms with Crippen molar-refractivity contribution in [2.45, 2.75) is 59.9 Å². The summed E-state index contributed by atoms with van der Waals surface area (Å²) in [5, 5.41) is 17.9. The minimum atomic E-state index is 0.309. The summed E-state index contributed by atoms with van der Waals surface area (Å²) in [4.78, 5) is 11.4. The van der Waals surface area contributed by atoms with E-state index in [1.807, 2.05) is 12.1 Å². The first kappa shape index (κ1) is 24.5. The number of H-pyrrole nitrogens is 1. The van der Waals surface area contributed by atoms with Crippen molar-refractivity contribution in [2.75, 3.05) is 36.9 Å². The van der Waals surface area contributed by atoms with Gasteiger partial charge in [-0.3, -0.25) is 5.10 Å². The highest BCUT2D eigenvalue weighted by atomic mass is 16.5. The second kappa shape index (κ2) is 12.2. The molecule has 0 fully saturated rings. The molecule has 0 aliphatic rings. The molecule has 0 aliphatic heterocycles. The third-order valence-electron chi connectivity index (χ3n) is 5.25. The van der Waals surface area contributed by atoms with Crippen molar-refractivity contribution in [3.05, 3.63) is 35.3 Å². The molecule has 3 aromatic rings. The molecule has 0 saturated heterocycles. The average Bonchev–Trinajstić information content (AvgIpc) is 3.45. The molecule has 0 unspecified atom stereocenters. The number of nitrogens with one attached hydrogen (secondary N) is 3. The van der Waals surface area contributed by atoms with Gasteiger partial charge in [0.2, 0.25) is 11.8 Å². The number of hydrogen-bond acceptors (Lipinski definition) is 9. The van der Waals surface area contributed by atoms with Crippen LogP contribution in [0, 0.1) is 0 Å². The number of nitrogens with zero attached hydrogens (tertiary/aromatic N) is 5. The van der Waals surface area contributed by atoms with Crippen LogP contribution in [0.5, 0.6) is 5.88 Å². The molecule has 0 spiro atoms. The molecule has 0 atom stereocenters. The molecule has 3 heterocycles. The summed E-state index contributed by atoms with van der Waals surface area (Å²) in [6.07, 6.45) is 1.99. The predicted molar refractivity (Wildman–Crippen MR) is 129 cm³/mol. The summed E-state index contributed by atoms with van der Waals surface area (Å²) in [7, 11) is 0. The number of aryl methyl sites for hydroxylation is 1. The standard InChI is InChI=1S/C23H36N8O2/c1-6-9-17-12-21(29-28-17)25-20-14-22(32-11-10-31(7-2)8-3)27-23(26-20)24-15-18-13-19(16(4)5)30-33-18/h12-14,16H,6-11,15H2,1-5H3,(H3,24,25,26,27,28,29). The lowest BCUT2D eigenvalue weighted by Crippen LogP contribution is -2.28. The zero-order valence-electron chi connectivity index (χ0n) is 20.3. The number of ether oxygens (including phenoxy) is 1. The van der Waals surface area contributed by atoms with E-state index in [4.69, 9.17) is 9.26 Å². The fourth-order valence-corrected chi connectivity index (χ4v) is 3.27. The van der Waals surface area contributed by atoms with Crippen molar-refractivity contribution in [1.29, 1.82) is 0 Å². The highest BCUT2D eigenvalue weighted by Crippen LogP contribution is 2.21. The summed E-state index contributed by atoms with van der Waals surface area (Å²) in [6, 6.07) is 5.72. The Kier molecular flexibility index (Phi) is 9.05. The molecule has 0 saturated carbocycles. The normalized spacial score (nSPS) is 11.4. The van der Waals surface area contributed by atoms with Crippen LogP contribution >= 0.6 is 0 Å². The number of anilines is 3. The summed E-state index contributed by atoms with van der Waals surface area (Å²) in [5.41, 5.74) is 2.00. The van der Waals surface area contributed by atoms with Crippen LogP contribution in [0.15, 0.2) is 22.7 Å². The van der Waals surface area contributed by atoms with Crippen LogP contribution in [0.1, 0.15) is 64.1 Å². The van der Waals surface area contributed by atoms with Gasteiger partial charge >= 0.3 is 0 Å².